The van der Waals surface area contributed by atoms with Crippen LogP contribution in [-0.2, 0) is 10.0 Å². The van der Waals surface area contributed by atoms with Gasteiger partial charge in [-0.2, -0.15) is 17.9 Å². The largest absolute Gasteiger partial charge is 0.407 e. The van der Waals surface area contributed by atoms with Crippen molar-refractivity contribution < 1.29 is 21.6 Å². The predicted octanol–water partition coefficient (Wildman–Crippen LogP) is 0.748. The average molecular weight is 282 g/mol. The number of hydrogen-bond donors (Lipinski definition) is 2. The molecule has 0 aliphatic heterocycles. The first-order chi connectivity index (χ1) is 8.18. The van der Waals surface area contributed by atoms with Crippen molar-refractivity contribution in [1.29, 1.82) is 0 Å². The Kier molecular flexibility index (Phi) is 2.78. The quantitative estimate of drug-likeness (QED) is 0.858. The molecule has 1 fully saturated rings. The van der Waals surface area contributed by atoms with E-state index < -0.39 is 32.1 Å². The zero-order valence-corrected chi connectivity index (χ0v) is 9.73. The molecule has 1 aliphatic carbocycles. The number of sulfonamides is 1. The Bertz CT molecular complexity index is 616. The Morgan fingerprint density at radius 2 is 1.94 bits per heavy atom. The minimum absolute atomic E-state index is 0.319. The Balaban J connectivity index is 2.36. The summed E-state index contributed by atoms with van der Waals surface area (Å²) in [7, 11) is -4.48. The molecule has 0 unspecified atom stereocenters. The lowest BCUT2D eigenvalue weighted by Gasteiger charge is -2.20. The standard InChI is InChI=1S/C9H9F3N2O3S/c10-9(11,12)8(2-3-8)14-18(16,17)7-5-13-4-1-6(7)15/h1,4-5,14H,2-3H2,(H,13,15). The Labute approximate surface area is 100 Å². The lowest BCUT2D eigenvalue weighted by atomic mass is 10.3. The lowest BCUT2D eigenvalue weighted by Crippen LogP contribution is -2.48. The molecule has 0 saturated heterocycles. The molecule has 1 aromatic heterocycles. The van der Waals surface area contributed by atoms with E-state index in [2.05, 4.69) is 4.98 Å². The van der Waals surface area contributed by atoms with Crippen molar-refractivity contribution >= 4 is 10.0 Å². The van der Waals surface area contributed by atoms with Gasteiger partial charge < -0.3 is 4.98 Å². The van der Waals surface area contributed by atoms with Gasteiger partial charge in [-0.25, -0.2) is 8.42 Å². The van der Waals surface area contributed by atoms with Crippen LogP contribution in [0.25, 0.3) is 0 Å². The molecule has 1 aromatic rings. The van der Waals surface area contributed by atoms with Crippen molar-refractivity contribution in [3.8, 4) is 0 Å². The van der Waals surface area contributed by atoms with E-state index >= 15 is 0 Å². The number of pyridine rings is 1. The van der Waals surface area contributed by atoms with Crippen LogP contribution in [0.4, 0.5) is 13.2 Å². The maximum Gasteiger partial charge on any atom is 0.407 e. The molecule has 1 heterocycles. The van der Waals surface area contributed by atoms with Crippen molar-refractivity contribution in [2.45, 2.75) is 29.5 Å². The van der Waals surface area contributed by atoms with Crippen LogP contribution < -0.4 is 10.2 Å². The second kappa shape index (κ2) is 3.82. The molecule has 100 valence electrons. The molecule has 5 nitrogen and oxygen atoms in total. The molecule has 9 heteroatoms. The highest BCUT2D eigenvalue weighted by Crippen LogP contribution is 2.49. The van der Waals surface area contributed by atoms with Crippen molar-refractivity contribution in [2.24, 2.45) is 0 Å². The molecule has 0 amide bonds. The smallest absolute Gasteiger partial charge is 0.366 e. The van der Waals surface area contributed by atoms with Crippen LogP contribution in [0.15, 0.2) is 28.2 Å². The predicted molar refractivity (Wildman–Crippen MR) is 55.4 cm³/mol. The van der Waals surface area contributed by atoms with Crippen LogP contribution in [0, 0.1) is 0 Å². The second-order valence-electron chi connectivity index (χ2n) is 4.06. The van der Waals surface area contributed by atoms with Crippen LogP contribution in [0.3, 0.4) is 0 Å². The highest BCUT2D eigenvalue weighted by atomic mass is 32.2. The number of nitrogens with one attached hydrogen (secondary N) is 2. The van der Waals surface area contributed by atoms with Crippen LogP contribution in [-0.4, -0.2) is 25.1 Å². The van der Waals surface area contributed by atoms with E-state index in [1.54, 1.807) is 4.72 Å². The van der Waals surface area contributed by atoms with Crippen molar-refractivity contribution in [1.82, 2.24) is 9.71 Å². The van der Waals surface area contributed by atoms with E-state index in [0.29, 0.717) is 0 Å². The van der Waals surface area contributed by atoms with Gasteiger partial charge in [0.2, 0.25) is 15.5 Å². The van der Waals surface area contributed by atoms with E-state index in [-0.39, 0.29) is 12.8 Å². The van der Waals surface area contributed by atoms with Crippen LogP contribution in [0.5, 0.6) is 0 Å². The molecule has 2 rings (SSSR count). The third-order valence-electron chi connectivity index (χ3n) is 2.70. The van der Waals surface area contributed by atoms with Crippen molar-refractivity contribution in [2.75, 3.05) is 0 Å². The van der Waals surface area contributed by atoms with Gasteiger partial charge in [-0.1, -0.05) is 0 Å². The highest BCUT2D eigenvalue weighted by Gasteiger charge is 2.65. The first-order valence-electron chi connectivity index (χ1n) is 4.96. The molecule has 0 aromatic carbocycles. The summed E-state index contributed by atoms with van der Waals surface area (Å²) < 4.78 is 62.9. The number of hydrogen-bond acceptors (Lipinski definition) is 3. The summed E-state index contributed by atoms with van der Waals surface area (Å²) in [4.78, 5) is 12.9. The number of H-pyrrole nitrogens is 1. The fourth-order valence-electron chi connectivity index (χ4n) is 1.49. The van der Waals surface area contributed by atoms with Crippen molar-refractivity contribution in [3.05, 3.63) is 28.7 Å². The van der Waals surface area contributed by atoms with E-state index in [1.165, 1.54) is 6.20 Å². The van der Waals surface area contributed by atoms with Gasteiger partial charge in [-0.15, -0.1) is 0 Å². The minimum atomic E-state index is -4.67. The molecule has 0 spiro atoms. The van der Waals surface area contributed by atoms with Gasteiger partial charge in [0.25, 0.3) is 0 Å². The van der Waals surface area contributed by atoms with E-state index in [0.717, 1.165) is 12.3 Å². The number of aromatic amines is 1. The maximum atomic E-state index is 12.6. The Hall–Kier alpha value is -1.35. The van der Waals surface area contributed by atoms with Gasteiger partial charge in [0.15, 0.2) is 0 Å². The van der Waals surface area contributed by atoms with Crippen LogP contribution in [0.2, 0.25) is 0 Å². The van der Waals surface area contributed by atoms with Crippen LogP contribution >= 0.6 is 0 Å². The third kappa shape index (κ3) is 2.15. The Morgan fingerprint density at radius 3 is 2.39 bits per heavy atom. The fourth-order valence-corrected chi connectivity index (χ4v) is 2.99. The number of alkyl halides is 3. The molecule has 1 aliphatic rings. The average Bonchev–Trinajstić information content (AvgIpc) is 2.97. The van der Waals surface area contributed by atoms with Gasteiger partial charge in [0, 0.05) is 18.5 Å². The normalized spacial score (nSPS) is 18.6. The monoisotopic (exact) mass is 282 g/mol. The molecular formula is C9H9F3N2O3S. The number of rotatable bonds is 3. The van der Waals surface area contributed by atoms with Gasteiger partial charge in [-0.05, 0) is 12.8 Å². The van der Waals surface area contributed by atoms with E-state index in [4.69, 9.17) is 0 Å². The first kappa shape index (κ1) is 13.1. The molecule has 0 radical (unpaired) electrons. The summed E-state index contributed by atoms with van der Waals surface area (Å²) in [5.41, 5.74) is -3.28. The lowest BCUT2D eigenvalue weighted by molar-refractivity contribution is -0.160. The molecule has 0 atom stereocenters. The van der Waals surface area contributed by atoms with E-state index in [9.17, 15) is 26.4 Å². The SMILES string of the molecule is O=c1cc[nH]cc1S(=O)(=O)NC1(C(F)(F)F)CC1. The summed E-state index contributed by atoms with van der Waals surface area (Å²) >= 11 is 0. The molecule has 1 saturated carbocycles. The van der Waals surface area contributed by atoms with Crippen molar-refractivity contribution in [3.63, 3.8) is 0 Å². The summed E-state index contributed by atoms with van der Waals surface area (Å²) in [6, 6.07) is 0.932. The molecule has 0 bridgehead atoms. The van der Waals surface area contributed by atoms with Gasteiger partial charge in [-0.3, -0.25) is 4.79 Å². The van der Waals surface area contributed by atoms with Gasteiger partial charge in [0.1, 0.15) is 10.4 Å². The molecule has 2 N–H and O–H groups in total. The molecule has 18 heavy (non-hydrogen) atoms. The fraction of sp³-hybridized carbons (Fsp3) is 0.444. The zero-order valence-electron chi connectivity index (χ0n) is 8.91. The summed E-state index contributed by atoms with van der Waals surface area (Å²) in [6.45, 7) is 0. The zero-order chi connectivity index (χ0) is 13.6. The van der Waals surface area contributed by atoms with Gasteiger partial charge >= 0.3 is 6.18 Å². The molecular weight excluding hydrogens is 273 g/mol. The third-order valence-corrected chi connectivity index (χ3v) is 4.26. The number of aromatic nitrogens is 1. The van der Waals surface area contributed by atoms with Crippen LogP contribution in [0.1, 0.15) is 12.8 Å². The highest BCUT2D eigenvalue weighted by molar-refractivity contribution is 7.89. The summed E-state index contributed by atoms with van der Waals surface area (Å²) in [5.74, 6) is 0. The Morgan fingerprint density at radius 1 is 1.33 bits per heavy atom. The minimum Gasteiger partial charge on any atom is -0.366 e. The number of halogens is 3. The summed E-state index contributed by atoms with van der Waals surface area (Å²) in [5, 5.41) is 0. The van der Waals surface area contributed by atoms with Gasteiger partial charge in [0.05, 0.1) is 0 Å². The van der Waals surface area contributed by atoms with E-state index in [1.807, 2.05) is 0 Å². The first-order valence-corrected chi connectivity index (χ1v) is 6.44. The second-order valence-corrected chi connectivity index (χ2v) is 5.71. The maximum absolute atomic E-state index is 12.6. The summed E-state index contributed by atoms with van der Waals surface area (Å²) in [6.07, 6.45) is -3.25. The topological polar surface area (TPSA) is 79.0 Å².